The second-order valence-corrected chi connectivity index (χ2v) is 8.60. The lowest BCUT2D eigenvalue weighted by Crippen LogP contribution is -2.27. The van der Waals surface area contributed by atoms with Crippen LogP contribution in [0.5, 0.6) is 0 Å². The molecule has 0 saturated carbocycles. The van der Waals surface area contributed by atoms with Gasteiger partial charge in [-0.1, -0.05) is 35.6 Å². The first kappa shape index (κ1) is 19.1. The Balaban J connectivity index is 1.73. The molecule has 0 fully saturated rings. The van der Waals surface area contributed by atoms with E-state index in [2.05, 4.69) is 15.0 Å². The molecule has 0 unspecified atom stereocenters. The fourth-order valence-corrected chi connectivity index (χ4v) is 4.37. The molecule has 10 heteroatoms. The van der Waals surface area contributed by atoms with Crippen molar-refractivity contribution in [2.75, 3.05) is 11.9 Å². The van der Waals surface area contributed by atoms with Crippen molar-refractivity contribution in [1.29, 1.82) is 0 Å². The summed E-state index contributed by atoms with van der Waals surface area (Å²) in [6.45, 7) is 1.55. The van der Waals surface area contributed by atoms with Crippen molar-refractivity contribution in [3.05, 3.63) is 54.2 Å². The normalized spacial score (nSPS) is 11.4. The molecular weight excluding hydrogens is 386 g/mol. The number of carbonyl (C=O) groups excluding carboxylic acids is 1. The van der Waals surface area contributed by atoms with Crippen molar-refractivity contribution in [2.45, 2.75) is 17.6 Å². The lowest BCUT2D eigenvalue weighted by Gasteiger charge is -2.13. The van der Waals surface area contributed by atoms with Gasteiger partial charge in [0, 0.05) is 25.0 Å². The van der Waals surface area contributed by atoms with Crippen LogP contribution in [0, 0.1) is 6.92 Å². The van der Waals surface area contributed by atoms with Gasteiger partial charge in [0.05, 0.1) is 12.1 Å². The topological polar surface area (TPSA) is 119 Å². The first-order valence-electron chi connectivity index (χ1n) is 7.87. The summed E-state index contributed by atoms with van der Waals surface area (Å²) >= 11 is 0.880. The first-order chi connectivity index (χ1) is 12.8. The molecule has 3 rings (SSSR count). The monoisotopic (exact) mass is 403 g/mol. The van der Waals surface area contributed by atoms with Crippen LogP contribution >= 0.6 is 11.3 Å². The fraction of sp³-hybridized carbons (Fsp3) is 0.176. The van der Waals surface area contributed by atoms with Gasteiger partial charge in [0.25, 0.3) is 0 Å². The second kappa shape index (κ2) is 7.51. The standard InChI is InChI=1S/C17H17N5O3S2/c1-11-16(27(18,24)25)26-17(21-11)22(2)15(23)7-12-3-5-13(6-4-12)14-8-19-10-20-9-14/h3-6,8-10H,7H2,1-2H3,(H2,18,24,25). The van der Waals surface area contributed by atoms with E-state index in [1.807, 2.05) is 24.3 Å². The average molecular weight is 403 g/mol. The molecule has 0 aliphatic heterocycles. The predicted molar refractivity (Wildman–Crippen MR) is 103 cm³/mol. The molecule has 3 aromatic rings. The zero-order valence-electron chi connectivity index (χ0n) is 14.7. The Morgan fingerprint density at radius 1 is 1.15 bits per heavy atom. The largest absolute Gasteiger partial charge is 0.291 e. The maximum absolute atomic E-state index is 12.5. The lowest BCUT2D eigenvalue weighted by atomic mass is 10.0. The Morgan fingerprint density at radius 2 is 1.78 bits per heavy atom. The number of aromatic nitrogens is 3. The number of sulfonamides is 1. The number of hydrogen-bond donors (Lipinski definition) is 1. The van der Waals surface area contributed by atoms with Crippen molar-refractivity contribution in [3.63, 3.8) is 0 Å². The molecule has 1 aromatic carbocycles. The number of rotatable bonds is 5. The molecule has 0 saturated heterocycles. The van der Waals surface area contributed by atoms with E-state index in [0.717, 1.165) is 28.0 Å². The Labute approximate surface area is 160 Å². The van der Waals surface area contributed by atoms with Crippen molar-refractivity contribution in [1.82, 2.24) is 15.0 Å². The van der Waals surface area contributed by atoms with Gasteiger partial charge in [-0.25, -0.2) is 28.5 Å². The lowest BCUT2D eigenvalue weighted by molar-refractivity contribution is -0.117. The second-order valence-electron chi connectivity index (χ2n) is 5.87. The molecule has 0 aliphatic rings. The third-order valence-corrected chi connectivity index (χ3v) is 6.65. The zero-order valence-corrected chi connectivity index (χ0v) is 16.3. The number of likely N-dealkylation sites (N-methyl/N-ethyl adjacent to an activating group) is 1. The molecule has 140 valence electrons. The molecule has 2 heterocycles. The van der Waals surface area contributed by atoms with E-state index in [1.165, 1.54) is 11.2 Å². The van der Waals surface area contributed by atoms with Crippen LogP contribution in [0.25, 0.3) is 11.1 Å². The number of aryl methyl sites for hydroxylation is 1. The van der Waals surface area contributed by atoms with E-state index < -0.39 is 10.0 Å². The molecule has 0 spiro atoms. The van der Waals surface area contributed by atoms with Crippen LogP contribution in [0.4, 0.5) is 5.13 Å². The van der Waals surface area contributed by atoms with E-state index in [1.54, 1.807) is 26.4 Å². The zero-order chi connectivity index (χ0) is 19.6. The fourth-order valence-electron chi connectivity index (χ4n) is 2.44. The van der Waals surface area contributed by atoms with Crippen LogP contribution < -0.4 is 10.0 Å². The highest BCUT2D eigenvalue weighted by Crippen LogP contribution is 2.28. The molecule has 27 heavy (non-hydrogen) atoms. The van der Waals surface area contributed by atoms with Crippen molar-refractivity contribution >= 4 is 32.4 Å². The van der Waals surface area contributed by atoms with Crippen molar-refractivity contribution < 1.29 is 13.2 Å². The number of hydrogen-bond acceptors (Lipinski definition) is 7. The van der Waals surface area contributed by atoms with Crippen molar-refractivity contribution in [2.24, 2.45) is 5.14 Å². The van der Waals surface area contributed by atoms with Crippen LogP contribution in [-0.4, -0.2) is 36.3 Å². The Morgan fingerprint density at radius 3 is 2.33 bits per heavy atom. The Bertz CT molecular complexity index is 1060. The number of nitrogens with zero attached hydrogens (tertiary/aromatic N) is 4. The third-order valence-electron chi connectivity index (χ3n) is 3.87. The molecule has 2 aromatic heterocycles. The van der Waals surface area contributed by atoms with Gasteiger partial charge in [0.15, 0.2) is 9.34 Å². The Hall–Kier alpha value is -2.69. The molecule has 0 atom stereocenters. The van der Waals surface area contributed by atoms with Crippen LogP contribution in [0.15, 0.2) is 47.2 Å². The summed E-state index contributed by atoms with van der Waals surface area (Å²) in [5.74, 6) is -0.208. The maximum atomic E-state index is 12.5. The van der Waals surface area contributed by atoms with Gasteiger partial charge in [0.1, 0.15) is 6.33 Å². The highest BCUT2D eigenvalue weighted by molar-refractivity contribution is 7.91. The van der Waals surface area contributed by atoms with Crippen LogP contribution in [0.3, 0.4) is 0 Å². The summed E-state index contributed by atoms with van der Waals surface area (Å²) in [5.41, 5.74) is 2.95. The van der Waals surface area contributed by atoms with E-state index in [0.29, 0.717) is 5.13 Å². The molecule has 8 nitrogen and oxygen atoms in total. The molecule has 0 aliphatic carbocycles. The summed E-state index contributed by atoms with van der Waals surface area (Å²) in [6.07, 6.45) is 5.06. The summed E-state index contributed by atoms with van der Waals surface area (Å²) in [5, 5.41) is 5.45. The summed E-state index contributed by atoms with van der Waals surface area (Å²) < 4.78 is 23.0. The maximum Gasteiger partial charge on any atom is 0.249 e. The molecule has 0 bridgehead atoms. The van der Waals surface area contributed by atoms with Gasteiger partial charge < -0.3 is 0 Å². The van der Waals surface area contributed by atoms with Crippen molar-refractivity contribution in [3.8, 4) is 11.1 Å². The SMILES string of the molecule is Cc1nc(N(C)C(=O)Cc2ccc(-c3cncnc3)cc2)sc1S(N)(=O)=O. The van der Waals surface area contributed by atoms with E-state index in [4.69, 9.17) is 5.14 Å². The number of amides is 1. The number of anilines is 1. The highest BCUT2D eigenvalue weighted by Gasteiger charge is 2.22. The number of carbonyl (C=O) groups is 1. The number of primary sulfonamides is 1. The summed E-state index contributed by atoms with van der Waals surface area (Å²) in [4.78, 5) is 26.0. The number of nitrogens with two attached hydrogens (primary N) is 1. The quantitative estimate of drug-likeness (QED) is 0.693. The molecule has 2 N–H and O–H groups in total. The van der Waals surface area contributed by atoms with Gasteiger partial charge in [-0.05, 0) is 18.1 Å². The van der Waals surface area contributed by atoms with E-state index >= 15 is 0 Å². The van der Waals surface area contributed by atoms with Crippen LogP contribution in [0.2, 0.25) is 0 Å². The van der Waals surface area contributed by atoms with Gasteiger partial charge in [-0.2, -0.15) is 0 Å². The average Bonchev–Trinajstić information content (AvgIpc) is 3.04. The van der Waals surface area contributed by atoms with E-state index in [9.17, 15) is 13.2 Å². The minimum atomic E-state index is -3.85. The van der Waals surface area contributed by atoms with E-state index in [-0.39, 0.29) is 22.2 Å². The van der Waals surface area contributed by atoms with Gasteiger partial charge in [-0.15, -0.1) is 0 Å². The summed E-state index contributed by atoms with van der Waals surface area (Å²) in [6, 6.07) is 7.51. The van der Waals surface area contributed by atoms with Crippen LogP contribution in [-0.2, 0) is 21.2 Å². The molecule has 0 radical (unpaired) electrons. The molecular formula is C17H17N5O3S2. The van der Waals surface area contributed by atoms with Crippen LogP contribution in [0.1, 0.15) is 11.3 Å². The minimum absolute atomic E-state index is 0.0356. The van der Waals surface area contributed by atoms with Gasteiger partial charge in [0.2, 0.25) is 15.9 Å². The number of benzene rings is 1. The minimum Gasteiger partial charge on any atom is -0.291 e. The summed E-state index contributed by atoms with van der Waals surface area (Å²) in [7, 11) is -2.30. The van der Waals surface area contributed by atoms with Gasteiger partial charge >= 0.3 is 0 Å². The Kier molecular flexibility index (Phi) is 5.31. The third kappa shape index (κ3) is 4.35. The first-order valence-corrected chi connectivity index (χ1v) is 10.2. The smallest absolute Gasteiger partial charge is 0.249 e. The molecule has 1 amide bonds. The van der Waals surface area contributed by atoms with Gasteiger partial charge in [-0.3, -0.25) is 9.69 Å². The number of thiazole rings is 1. The predicted octanol–water partition coefficient (Wildman–Crippen LogP) is 1.76. The highest BCUT2D eigenvalue weighted by atomic mass is 32.2.